The Labute approximate surface area is 75.7 Å². The molecule has 0 aromatic carbocycles. The van der Waals surface area contributed by atoms with Gasteiger partial charge in [0.1, 0.15) is 17.7 Å². The van der Waals surface area contributed by atoms with Crippen molar-refractivity contribution in [2.24, 2.45) is 0 Å². The quantitative estimate of drug-likeness (QED) is 0.511. The average Bonchev–Trinajstić information content (AvgIpc) is 2.15. The monoisotopic (exact) mass is 179 g/mol. The zero-order chi connectivity index (χ0) is 9.68. The summed E-state index contributed by atoms with van der Waals surface area (Å²) in [5.74, 6) is -1.21. The van der Waals surface area contributed by atoms with Crippen molar-refractivity contribution in [3.63, 3.8) is 0 Å². The first-order valence-corrected chi connectivity index (χ1v) is 3.89. The largest absolute Gasteiger partial charge is 0.494 e. The van der Waals surface area contributed by atoms with E-state index in [-0.39, 0.29) is 11.7 Å². The van der Waals surface area contributed by atoms with Crippen LogP contribution in [0, 0.1) is 11.3 Å². The van der Waals surface area contributed by atoms with E-state index in [1.165, 1.54) is 12.3 Å². The Morgan fingerprint density at radius 1 is 1.77 bits per heavy atom. The minimum atomic E-state index is -1.21. The SMILES string of the molecule is N#CC(=CC1CCC=CO1)C(=O)O. The maximum absolute atomic E-state index is 10.4. The highest BCUT2D eigenvalue weighted by molar-refractivity contribution is 5.91. The Morgan fingerprint density at radius 3 is 3.00 bits per heavy atom. The molecule has 1 heterocycles. The lowest BCUT2D eigenvalue weighted by atomic mass is 10.1. The van der Waals surface area contributed by atoms with Gasteiger partial charge in [-0.25, -0.2) is 4.79 Å². The van der Waals surface area contributed by atoms with Gasteiger partial charge in [0.15, 0.2) is 0 Å². The first-order chi connectivity index (χ1) is 6.24. The van der Waals surface area contributed by atoms with Gasteiger partial charge >= 0.3 is 5.97 Å². The Balaban J connectivity index is 2.68. The topological polar surface area (TPSA) is 70.3 Å². The van der Waals surface area contributed by atoms with E-state index >= 15 is 0 Å². The highest BCUT2D eigenvalue weighted by atomic mass is 16.5. The molecule has 0 aromatic heterocycles. The predicted octanol–water partition coefficient (Wildman–Crippen LogP) is 1.21. The molecular formula is C9H9NO3. The Morgan fingerprint density at radius 2 is 2.54 bits per heavy atom. The van der Waals surface area contributed by atoms with Crippen LogP contribution in [-0.2, 0) is 9.53 Å². The lowest BCUT2D eigenvalue weighted by molar-refractivity contribution is -0.132. The van der Waals surface area contributed by atoms with Crippen molar-refractivity contribution in [1.29, 1.82) is 5.26 Å². The highest BCUT2D eigenvalue weighted by Crippen LogP contribution is 2.12. The van der Waals surface area contributed by atoms with E-state index < -0.39 is 5.97 Å². The molecule has 4 heteroatoms. The normalized spacial score (nSPS) is 21.8. The van der Waals surface area contributed by atoms with Crippen molar-refractivity contribution >= 4 is 5.97 Å². The van der Waals surface area contributed by atoms with Gasteiger partial charge in [0.2, 0.25) is 0 Å². The van der Waals surface area contributed by atoms with Crippen LogP contribution in [0.2, 0.25) is 0 Å². The molecule has 0 aromatic rings. The Hall–Kier alpha value is -1.76. The zero-order valence-corrected chi connectivity index (χ0v) is 6.93. The molecule has 13 heavy (non-hydrogen) atoms. The maximum Gasteiger partial charge on any atom is 0.346 e. The number of carbonyl (C=O) groups is 1. The molecule has 1 aliphatic rings. The van der Waals surface area contributed by atoms with E-state index in [4.69, 9.17) is 15.1 Å². The number of rotatable bonds is 2. The number of aliphatic carboxylic acids is 1. The summed E-state index contributed by atoms with van der Waals surface area (Å²) >= 11 is 0. The van der Waals surface area contributed by atoms with Crippen molar-refractivity contribution in [3.8, 4) is 6.07 Å². The number of hydrogen-bond donors (Lipinski definition) is 1. The van der Waals surface area contributed by atoms with Crippen LogP contribution >= 0.6 is 0 Å². The highest BCUT2D eigenvalue weighted by Gasteiger charge is 2.13. The molecule has 0 radical (unpaired) electrons. The van der Waals surface area contributed by atoms with Crippen LogP contribution < -0.4 is 0 Å². The van der Waals surface area contributed by atoms with Crippen LogP contribution in [0.3, 0.4) is 0 Å². The summed E-state index contributed by atoms with van der Waals surface area (Å²) < 4.78 is 5.09. The van der Waals surface area contributed by atoms with Gasteiger partial charge in [-0.2, -0.15) is 5.26 Å². The second kappa shape index (κ2) is 4.31. The number of hydrogen-bond acceptors (Lipinski definition) is 3. The number of carboxylic acid groups (broad SMARTS) is 1. The fourth-order valence-electron chi connectivity index (χ4n) is 1.02. The van der Waals surface area contributed by atoms with Gasteiger partial charge in [-0.1, -0.05) is 0 Å². The van der Waals surface area contributed by atoms with E-state index in [2.05, 4.69) is 0 Å². The van der Waals surface area contributed by atoms with Gasteiger partial charge in [-0.3, -0.25) is 0 Å². The van der Waals surface area contributed by atoms with Gasteiger partial charge in [0.05, 0.1) is 6.26 Å². The van der Waals surface area contributed by atoms with Crippen molar-refractivity contribution in [2.45, 2.75) is 18.9 Å². The standard InChI is InChI=1S/C9H9NO3/c10-6-7(9(11)12)5-8-3-1-2-4-13-8/h2,4-5,8H,1,3H2,(H,11,12). The second-order valence-electron chi connectivity index (χ2n) is 2.62. The summed E-state index contributed by atoms with van der Waals surface area (Å²) in [7, 11) is 0. The fourth-order valence-corrected chi connectivity index (χ4v) is 1.02. The number of nitriles is 1. The molecule has 68 valence electrons. The van der Waals surface area contributed by atoms with Crippen molar-refractivity contribution < 1.29 is 14.6 Å². The van der Waals surface area contributed by atoms with Gasteiger partial charge in [-0.05, 0) is 25.0 Å². The molecule has 0 aliphatic carbocycles. The molecule has 1 unspecified atom stereocenters. The van der Waals surface area contributed by atoms with Crippen LogP contribution in [-0.4, -0.2) is 17.2 Å². The van der Waals surface area contributed by atoms with Gasteiger partial charge in [0, 0.05) is 0 Å². The van der Waals surface area contributed by atoms with E-state index in [0.717, 1.165) is 12.8 Å². The molecule has 0 spiro atoms. The molecule has 4 nitrogen and oxygen atoms in total. The van der Waals surface area contributed by atoms with E-state index in [1.807, 2.05) is 6.08 Å². The molecule has 0 amide bonds. The summed E-state index contributed by atoms with van der Waals surface area (Å²) in [4.78, 5) is 10.4. The van der Waals surface area contributed by atoms with Gasteiger partial charge < -0.3 is 9.84 Å². The minimum Gasteiger partial charge on any atom is -0.494 e. The molecule has 1 atom stereocenters. The molecule has 1 aliphatic heterocycles. The molecule has 0 saturated carbocycles. The minimum absolute atomic E-state index is 0.264. The second-order valence-corrected chi connectivity index (χ2v) is 2.62. The van der Waals surface area contributed by atoms with E-state index in [0.29, 0.717) is 0 Å². The molecule has 1 rings (SSSR count). The predicted molar refractivity (Wildman–Crippen MR) is 44.6 cm³/mol. The zero-order valence-electron chi connectivity index (χ0n) is 6.93. The van der Waals surface area contributed by atoms with Gasteiger partial charge in [-0.15, -0.1) is 0 Å². The Bertz CT molecular complexity index is 298. The Kier molecular flexibility index (Phi) is 3.09. The molecule has 0 saturated heterocycles. The lowest BCUT2D eigenvalue weighted by Gasteiger charge is -2.15. The summed E-state index contributed by atoms with van der Waals surface area (Å²) in [5, 5.41) is 17.0. The van der Waals surface area contributed by atoms with Crippen molar-refractivity contribution in [2.75, 3.05) is 0 Å². The molecular weight excluding hydrogens is 170 g/mol. The summed E-state index contributed by atoms with van der Waals surface area (Å²) in [6, 6.07) is 1.61. The number of allylic oxidation sites excluding steroid dienone is 1. The van der Waals surface area contributed by atoms with Crippen LogP contribution in [0.1, 0.15) is 12.8 Å². The first kappa shape index (κ1) is 9.33. The average molecular weight is 179 g/mol. The van der Waals surface area contributed by atoms with Crippen LogP contribution in [0.4, 0.5) is 0 Å². The smallest absolute Gasteiger partial charge is 0.346 e. The van der Waals surface area contributed by atoms with Crippen LogP contribution in [0.5, 0.6) is 0 Å². The lowest BCUT2D eigenvalue weighted by Crippen LogP contribution is -2.12. The summed E-state index contributed by atoms with van der Waals surface area (Å²) in [6.07, 6.45) is 6.01. The van der Waals surface area contributed by atoms with Gasteiger partial charge in [0.25, 0.3) is 0 Å². The maximum atomic E-state index is 10.4. The van der Waals surface area contributed by atoms with Crippen molar-refractivity contribution in [1.82, 2.24) is 0 Å². The third-order valence-corrected chi connectivity index (χ3v) is 1.67. The summed E-state index contributed by atoms with van der Waals surface area (Å²) in [5.41, 5.74) is -0.264. The number of carboxylic acids is 1. The molecule has 1 N–H and O–H groups in total. The molecule has 0 fully saturated rings. The van der Waals surface area contributed by atoms with Crippen LogP contribution in [0.25, 0.3) is 0 Å². The third kappa shape index (κ3) is 2.64. The van der Waals surface area contributed by atoms with E-state index in [9.17, 15) is 4.79 Å². The van der Waals surface area contributed by atoms with Crippen LogP contribution in [0.15, 0.2) is 24.0 Å². The van der Waals surface area contributed by atoms with E-state index in [1.54, 1.807) is 6.07 Å². The van der Waals surface area contributed by atoms with Crippen molar-refractivity contribution in [3.05, 3.63) is 24.0 Å². The first-order valence-electron chi connectivity index (χ1n) is 3.89. The number of ether oxygens (including phenoxy) is 1. The summed E-state index contributed by atoms with van der Waals surface area (Å²) in [6.45, 7) is 0. The number of nitrogens with zero attached hydrogens (tertiary/aromatic N) is 1. The third-order valence-electron chi connectivity index (χ3n) is 1.67. The fraction of sp³-hybridized carbons (Fsp3) is 0.333. The molecule has 0 bridgehead atoms.